The number of hydrogen-bond donors (Lipinski definition) is 0. The minimum absolute atomic E-state index is 0.964. The van der Waals surface area contributed by atoms with Crippen molar-refractivity contribution in [3.05, 3.63) is 0 Å². The zero-order chi connectivity index (χ0) is 18.0. The second-order valence-electron chi connectivity index (χ2n) is 2.75. The van der Waals surface area contributed by atoms with Gasteiger partial charge in [0.15, 0.2) is 0 Å². The van der Waals surface area contributed by atoms with E-state index in [0.29, 0.717) is 0 Å². The lowest BCUT2D eigenvalue weighted by Crippen LogP contribution is -2.21. The smallest absolute Gasteiger partial charge is 0.206 e. The summed E-state index contributed by atoms with van der Waals surface area (Å²) in [6, 6.07) is 0. The van der Waals surface area contributed by atoms with E-state index in [2.05, 4.69) is 11.6 Å². The Morgan fingerprint density at radius 1 is 0.500 bits per heavy atom. The highest BCUT2D eigenvalue weighted by Crippen LogP contribution is 2.66. The van der Waals surface area contributed by atoms with Crippen LogP contribution in [0.4, 0.5) is 48.3 Å². The van der Waals surface area contributed by atoms with Gasteiger partial charge >= 0.3 is 16.5 Å². The third kappa shape index (κ3) is 12.7. The van der Waals surface area contributed by atoms with Crippen LogP contribution in [0.25, 0.3) is 0 Å². The van der Waals surface area contributed by atoms with Crippen molar-refractivity contribution in [2.24, 2.45) is 0 Å². The molecule has 0 bridgehead atoms. The van der Waals surface area contributed by atoms with Crippen LogP contribution >= 0.6 is 68.5 Å². The van der Waals surface area contributed by atoms with Gasteiger partial charge in [-0.1, -0.05) is 11.6 Å². The highest BCUT2D eigenvalue weighted by atomic mass is 35.5. The molecule has 0 saturated heterocycles. The van der Waals surface area contributed by atoms with Gasteiger partial charge in [-0.2, -0.15) is 39.5 Å². The van der Waals surface area contributed by atoms with Gasteiger partial charge in [0.2, 0.25) is 0 Å². The Bertz CT molecular complexity index is 345. The van der Waals surface area contributed by atoms with E-state index in [9.17, 15) is 48.3 Å². The van der Waals surface area contributed by atoms with Crippen LogP contribution in [0, 0.1) is 0 Å². The fourth-order valence-electron chi connectivity index (χ4n) is 0.581. The van der Waals surface area contributed by atoms with E-state index in [1.165, 1.54) is 0 Å². The summed E-state index contributed by atoms with van der Waals surface area (Å²) in [6.45, 7) is 0. The van der Waals surface area contributed by atoms with Crippen LogP contribution in [0.2, 0.25) is 0 Å². The quantitative estimate of drug-likeness (QED) is 0.172. The van der Waals surface area contributed by atoms with Crippen LogP contribution in [-0.2, 0) is 0 Å². The molecule has 0 radical (unpaired) electrons. The van der Waals surface area contributed by atoms with Crippen LogP contribution in [0.3, 0.4) is 0 Å². The van der Waals surface area contributed by atoms with E-state index < -0.39 is 80.9 Å². The third-order valence-electron chi connectivity index (χ3n) is 0.948. The lowest BCUT2D eigenvalue weighted by Gasteiger charge is -2.26. The Kier molecular flexibility index (Phi) is 8.10. The zero-order valence-electron chi connectivity index (χ0n) is 9.08. The highest BCUT2D eigenvalue weighted by Gasteiger charge is 2.55. The van der Waals surface area contributed by atoms with Crippen LogP contribution < -0.4 is 0 Å². The molecule has 1 atom stereocenters. The van der Waals surface area contributed by atoms with Crippen molar-refractivity contribution in [3.8, 4) is 0 Å². The van der Waals surface area contributed by atoms with Gasteiger partial charge in [0.05, 0.1) is 0 Å². The lowest BCUT2D eigenvalue weighted by atomic mass is 11.5. The molecule has 0 amide bonds. The van der Waals surface area contributed by atoms with Crippen molar-refractivity contribution in [3.63, 3.8) is 0 Å². The SMILES string of the molecule is FC(F)(F)SC(F)(SS[C@@](F)(Cl)SC(F)(F)F)SC(F)(F)F. The Balaban J connectivity index is 5.00. The van der Waals surface area contributed by atoms with Crippen LogP contribution in [-0.4, -0.2) is 24.0 Å². The fourth-order valence-corrected chi connectivity index (χ4v) is 6.57. The van der Waals surface area contributed by atoms with Crippen molar-refractivity contribution < 1.29 is 48.3 Å². The standard InChI is InChI=1S/C5ClF11S5/c6-1(7,18-2(8,9)10)21-22-5(17,19-3(11,12)13)20-4(14,15)16/t1-/m1/s1. The molecule has 0 saturated carbocycles. The first kappa shape index (κ1) is 23.3. The van der Waals surface area contributed by atoms with Crippen molar-refractivity contribution in [1.29, 1.82) is 0 Å². The van der Waals surface area contributed by atoms with Gasteiger partial charge in [0.1, 0.15) is 0 Å². The molecule has 0 aliphatic carbocycles. The molecule has 0 fully saturated rings. The average molecular weight is 465 g/mol. The molecule has 0 aromatic carbocycles. The molecule has 22 heavy (non-hydrogen) atoms. The summed E-state index contributed by atoms with van der Waals surface area (Å²) in [6.07, 6.45) is 0. The first-order chi connectivity index (χ1) is 9.33. The van der Waals surface area contributed by atoms with Gasteiger partial charge < -0.3 is 0 Å². The van der Waals surface area contributed by atoms with E-state index in [0.717, 1.165) is 0 Å². The maximum Gasteiger partial charge on any atom is 0.446 e. The largest absolute Gasteiger partial charge is 0.446 e. The number of rotatable bonds is 6. The predicted octanol–water partition coefficient (Wildman–Crippen LogP) is 7.53. The molecular weight excluding hydrogens is 465 g/mol. The minimum atomic E-state index is -5.50. The van der Waals surface area contributed by atoms with Gasteiger partial charge in [0, 0.05) is 35.3 Å². The van der Waals surface area contributed by atoms with E-state index in [4.69, 9.17) is 0 Å². The predicted molar refractivity (Wildman–Crippen MR) is 69.7 cm³/mol. The van der Waals surface area contributed by atoms with E-state index in [-0.39, 0.29) is 0 Å². The molecule has 0 rings (SSSR count). The first-order valence-corrected chi connectivity index (χ1v) is 9.04. The van der Waals surface area contributed by atoms with Gasteiger partial charge in [-0.05, 0) is 21.6 Å². The Morgan fingerprint density at radius 3 is 1.09 bits per heavy atom. The molecule has 0 spiro atoms. The number of hydrogen-bond acceptors (Lipinski definition) is 5. The Morgan fingerprint density at radius 2 is 0.818 bits per heavy atom. The van der Waals surface area contributed by atoms with Crippen LogP contribution in [0.5, 0.6) is 0 Å². The summed E-state index contributed by atoms with van der Waals surface area (Å²) >= 11 is -0.546. The first-order valence-electron chi connectivity index (χ1n) is 4.07. The molecule has 0 unspecified atom stereocenters. The summed E-state index contributed by atoms with van der Waals surface area (Å²) in [4.78, 5) is 0. The van der Waals surface area contributed by atoms with Gasteiger partial charge in [-0.15, -0.1) is 0 Å². The summed E-state index contributed by atoms with van der Waals surface area (Å²) in [5.74, 6) is 0. The van der Waals surface area contributed by atoms with Crippen molar-refractivity contribution in [2.45, 2.75) is 24.0 Å². The second-order valence-corrected chi connectivity index (χ2v) is 10.9. The van der Waals surface area contributed by atoms with Crippen molar-refractivity contribution in [1.82, 2.24) is 0 Å². The summed E-state index contributed by atoms with van der Waals surface area (Å²) in [7, 11) is -2.03. The topological polar surface area (TPSA) is 0 Å². The van der Waals surface area contributed by atoms with E-state index in [1.807, 2.05) is 0 Å². The normalized spacial score (nSPS) is 17.5. The van der Waals surface area contributed by atoms with Crippen molar-refractivity contribution in [2.75, 3.05) is 0 Å². The fraction of sp³-hybridized carbons (Fsp3) is 1.00. The van der Waals surface area contributed by atoms with Crippen molar-refractivity contribution >= 4 is 68.5 Å². The number of thioether (sulfide) groups is 3. The van der Waals surface area contributed by atoms with Gasteiger partial charge in [-0.3, -0.25) is 0 Å². The molecule has 134 valence electrons. The molecule has 17 heteroatoms. The third-order valence-corrected chi connectivity index (χ3v) is 8.16. The Hall–Kier alpha value is 1.27. The summed E-state index contributed by atoms with van der Waals surface area (Å²) < 4.78 is 126. The second kappa shape index (κ2) is 7.66. The molecular formula is C5ClF11S5. The monoisotopic (exact) mass is 464 g/mol. The van der Waals surface area contributed by atoms with Gasteiger partial charge in [-0.25, -0.2) is 8.78 Å². The molecule has 0 aliphatic rings. The maximum absolute atomic E-state index is 13.7. The maximum atomic E-state index is 13.7. The number of alkyl halides is 12. The molecule has 0 aromatic heterocycles. The summed E-state index contributed by atoms with van der Waals surface area (Å²) in [5, 5.41) is 0. The zero-order valence-corrected chi connectivity index (χ0v) is 13.9. The van der Waals surface area contributed by atoms with E-state index >= 15 is 0 Å². The molecule has 0 aliphatic heterocycles. The molecule has 0 N–H and O–H groups in total. The summed E-state index contributed by atoms with van der Waals surface area (Å²) in [5.41, 5.74) is -16.3. The average Bonchev–Trinajstić information content (AvgIpc) is 2.04. The molecule has 0 heterocycles. The molecule has 0 nitrogen and oxygen atoms in total. The van der Waals surface area contributed by atoms with Gasteiger partial charge in [0.25, 0.3) is 7.46 Å². The Labute approximate surface area is 140 Å². The lowest BCUT2D eigenvalue weighted by molar-refractivity contribution is -0.0369. The number of halogens is 12. The minimum Gasteiger partial charge on any atom is -0.206 e. The molecule has 0 aromatic rings. The van der Waals surface area contributed by atoms with Crippen LogP contribution in [0.15, 0.2) is 0 Å². The van der Waals surface area contributed by atoms with E-state index in [1.54, 1.807) is 0 Å². The highest BCUT2D eigenvalue weighted by molar-refractivity contribution is 8.82. The van der Waals surface area contributed by atoms with Crippen LogP contribution in [0.1, 0.15) is 0 Å².